The third-order valence-electron chi connectivity index (χ3n) is 3.12. The average Bonchev–Trinajstić information content (AvgIpc) is 2.43. The van der Waals surface area contributed by atoms with Gasteiger partial charge in [-0.3, -0.25) is 4.79 Å². The number of rotatable bonds is 7. The predicted molar refractivity (Wildman–Crippen MR) is 76.1 cm³/mol. The molecular weight excluding hydrogens is 258 g/mol. The van der Waals surface area contributed by atoms with Gasteiger partial charge in [-0.05, 0) is 31.0 Å². The number of benzene rings is 1. The SMILES string of the molecule is CCCCC(NC(=O)c1ccc(C)c(OC)c1)C(=O)O. The number of hydrogen-bond acceptors (Lipinski definition) is 3. The Morgan fingerprint density at radius 3 is 2.65 bits per heavy atom. The van der Waals surface area contributed by atoms with Crippen molar-refractivity contribution in [1.82, 2.24) is 5.32 Å². The first-order valence-corrected chi connectivity index (χ1v) is 6.67. The highest BCUT2D eigenvalue weighted by Crippen LogP contribution is 2.19. The summed E-state index contributed by atoms with van der Waals surface area (Å²) in [5.41, 5.74) is 1.32. The second kappa shape index (κ2) is 7.53. The first-order chi connectivity index (χ1) is 9.49. The highest BCUT2D eigenvalue weighted by molar-refractivity contribution is 5.97. The summed E-state index contributed by atoms with van der Waals surface area (Å²) in [5.74, 6) is -0.796. The summed E-state index contributed by atoms with van der Waals surface area (Å²) < 4.78 is 5.16. The van der Waals surface area contributed by atoms with Crippen molar-refractivity contribution in [3.63, 3.8) is 0 Å². The molecule has 1 atom stereocenters. The quantitative estimate of drug-likeness (QED) is 0.803. The van der Waals surface area contributed by atoms with Crippen LogP contribution in [0.1, 0.15) is 42.1 Å². The van der Waals surface area contributed by atoms with Crippen LogP contribution in [0.5, 0.6) is 5.75 Å². The molecule has 0 radical (unpaired) electrons. The largest absolute Gasteiger partial charge is 0.496 e. The van der Waals surface area contributed by atoms with E-state index in [1.807, 2.05) is 13.8 Å². The normalized spacial score (nSPS) is 11.8. The van der Waals surface area contributed by atoms with Gasteiger partial charge in [-0.1, -0.05) is 25.8 Å². The van der Waals surface area contributed by atoms with Gasteiger partial charge in [-0.15, -0.1) is 0 Å². The number of amides is 1. The lowest BCUT2D eigenvalue weighted by atomic mass is 10.1. The summed E-state index contributed by atoms with van der Waals surface area (Å²) in [6.07, 6.45) is 2.08. The minimum absolute atomic E-state index is 0.396. The summed E-state index contributed by atoms with van der Waals surface area (Å²) in [5, 5.41) is 11.6. The lowest BCUT2D eigenvalue weighted by Crippen LogP contribution is -2.40. The number of aliphatic carboxylic acids is 1. The second-order valence-corrected chi connectivity index (χ2v) is 4.69. The van der Waals surface area contributed by atoms with Gasteiger partial charge in [0.05, 0.1) is 7.11 Å². The molecule has 2 N–H and O–H groups in total. The lowest BCUT2D eigenvalue weighted by Gasteiger charge is -2.14. The summed E-state index contributed by atoms with van der Waals surface area (Å²) >= 11 is 0. The maximum Gasteiger partial charge on any atom is 0.326 e. The van der Waals surface area contributed by atoms with Crippen LogP contribution in [0.2, 0.25) is 0 Å². The number of aryl methyl sites for hydroxylation is 1. The predicted octanol–water partition coefficient (Wildman–Crippen LogP) is 2.38. The summed E-state index contributed by atoms with van der Waals surface area (Å²) in [7, 11) is 1.53. The number of methoxy groups -OCH3 is 1. The van der Waals surface area contributed by atoms with Crippen LogP contribution in [0, 0.1) is 6.92 Å². The van der Waals surface area contributed by atoms with Crippen LogP contribution in [-0.2, 0) is 4.79 Å². The molecule has 5 nitrogen and oxygen atoms in total. The van der Waals surface area contributed by atoms with E-state index in [0.717, 1.165) is 18.4 Å². The van der Waals surface area contributed by atoms with Crippen LogP contribution in [0.15, 0.2) is 18.2 Å². The third-order valence-corrected chi connectivity index (χ3v) is 3.12. The van der Waals surface area contributed by atoms with Crippen LogP contribution < -0.4 is 10.1 Å². The van der Waals surface area contributed by atoms with Crippen LogP contribution in [0.25, 0.3) is 0 Å². The number of nitrogens with one attached hydrogen (secondary N) is 1. The van der Waals surface area contributed by atoms with Gasteiger partial charge in [0.25, 0.3) is 5.91 Å². The van der Waals surface area contributed by atoms with Gasteiger partial charge < -0.3 is 15.2 Å². The van der Waals surface area contributed by atoms with Crippen LogP contribution in [0.3, 0.4) is 0 Å². The van der Waals surface area contributed by atoms with E-state index in [1.54, 1.807) is 18.2 Å². The molecule has 0 bridgehead atoms. The molecule has 1 rings (SSSR count). The van der Waals surface area contributed by atoms with E-state index < -0.39 is 17.9 Å². The Balaban J connectivity index is 2.80. The molecule has 1 aromatic carbocycles. The molecule has 0 aliphatic rings. The fourth-order valence-corrected chi connectivity index (χ4v) is 1.87. The molecule has 1 unspecified atom stereocenters. The van der Waals surface area contributed by atoms with E-state index in [2.05, 4.69) is 5.32 Å². The molecule has 0 spiro atoms. The maximum atomic E-state index is 12.1. The number of carboxylic acid groups (broad SMARTS) is 1. The standard InChI is InChI=1S/C15H21NO4/c1-4-5-6-12(15(18)19)16-14(17)11-8-7-10(2)13(9-11)20-3/h7-9,12H,4-6H2,1-3H3,(H,16,17)(H,18,19). The molecule has 1 amide bonds. The molecule has 0 heterocycles. The summed E-state index contributed by atoms with van der Waals surface area (Å²) in [6, 6.07) is 4.19. The van der Waals surface area contributed by atoms with E-state index in [0.29, 0.717) is 17.7 Å². The van der Waals surface area contributed by atoms with Gasteiger partial charge in [0.2, 0.25) is 0 Å². The number of carbonyl (C=O) groups excluding carboxylic acids is 1. The fourth-order valence-electron chi connectivity index (χ4n) is 1.87. The van der Waals surface area contributed by atoms with E-state index in [-0.39, 0.29) is 0 Å². The summed E-state index contributed by atoms with van der Waals surface area (Å²) in [4.78, 5) is 23.2. The first kappa shape index (κ1) is 16.0. The van der Waals surface area contributed by atoms with Crippen molar-refractivity contribution in [3.05, 3.63) is 29.3 Å². The average molecular weight is 279 g/mol. The molecule has 0 aliphatic heterocycles. The highest BCUT2D eigenvalue weighted by Gasteiger charge is 2.20. The Morgan fingerprint density at radius 2 is 2.10 bits per heavy atom. The van der Waals surface area contributed by atoms with Crippen molar-refractivity contribution in [3.8, 4) is 5.75 Å². The van der Waals surface area contributed by atoms with Crippen molar-refractivity contribution in [1.29, 1.82) is 0 Å². The van der Waals surface area contributed by atoms with Crippen molar-refractivity contribution in [2.75, 3.05) is 7.11 Å². The number of carboxylic acids is 1. The van der Waals surface area contributed by atoms with E-state index >= 15 is 0 Å². The van der Waals surface area contributed by atoms with Crippen molar-refractivity contribution < 1.29 is 19.4 Å². The number of unbranched alkanes of at least 4 members (excludes halogenated alkanes) is 1. The van der Waals surface area contributed by atoms with Crippen molar-refractivity contribution in [2.24, 2.45) is 0 Å². The van der Waals surface area contributed by atoms with Crippen molar-refractivity contribution >= 4 is 11.9 Å². The zero-order valence-electron chi connectivity index (χ0n) is 12.1. The van der Waals surface area contributed by atoms with Gasteiger partial charge >= 0.3 is 5.97 Å². The molecule has 0 fully saturated rings. The van der Waals surface area contributed by atoms with Gasteiger partial charge in [0.1, 0.15) is 11.8 Å². The number of carbonyl (C=O) groups is 2. The molecule has 110 valence electrons. The summed E-state index contributed by atoms with van der Waals surface area (Å²) in [6.45, 7) is 3.85. The van der Waals surface area contributed by atoms with Crippen LogP contribution >= 0.6 is 0 Å². The first-order valence-electron chi connectivity index (χ1n) is 6.67. The van der Waals surface area contributed by atoms with Gasteiger partial charge in [-0.2, -0.15) is 0 Å². The molecule has 20 heavy (non-hydrogen) atoms. The van der Waals surface area contributed by atoms with Gasteiger partial charge in [-0.25, -0.2) is 4.79 Å². The van der Waals surface area contributed by atoms with E-state index in [4.69, 9.17) is 9.84 Å². The third kappa shape index (κ3) is 4.26. The highest BCUT2D eigenvalue weighted by atomic mass is 16.5. The van der Waals surface area contributed by atoms with Gasteiger partial charge in [0, 0.05) is 5.56 Å². The maximum absolute atomic E-state index is 12.1. The Bertz CT molecular complexity index is 485. The topological polar surface area (TPSA) is 75.6 Å². The molecule has 1 aromatic rings. The Hall–Kier alpha value is -2.04. The minimum Gasteiger partial charge on any atom is -0.496 e. The molecule has 5 heteroatoms. The lowest BCUT2D eigenvalue weighted by molar-refractivity contribution is -0.139. The zero-order chi connectivity index (χ0) is 15.1. The minimum atomic E-state index is -1.01. The molecule has 0 saturated carbocycles. The molecule has 0 saturated heterocycles. The Morgan fingerprint density at radius 1 is 1.40 bits per heavy atom. The van der Waals surface area contributed by atoms with E-state index in [9.17, 15) is 9.59 Å². The number of hydrogen-bond donors (Lipinski definition) is 2. The smallest absolute Gasteiger partial charge is 0.326 e. The fraction of sp³-hybridized carbons (Fsp3) is 0.467. The monoisotopic (exact) mass is 279 g/mol. The van der Waals surface area contributed by atoms with Crippen molar-refractivity contribution in [2.45, 2.75) is 39.2 Å². The van der Waals surface area contributed by atoms with E-state index in [1.165, 1.54) is 7.11 Å². The molecular formula is C15H21NO4. The number of ether oxygens (including phenoxy) is 1. The van der Waals surface area contributed by atoms with Crippen LogP contribution in [0.4, 0.5) is 0 Å². The molecule has 0 aromatic heterocycles. The van der Waals surface area contributed by atoms with Gasteiger partial charge in [0.15, 0.2) is 0 Å². The molecule has 0 aliphatic carbocycles. The Kier molecular flexibility index (Phi) is 6.03. The Labute approximate surface area is 118 Å². The van der Waals surface area contributed by atoms with Crippen LogP contribution in [-0.4, -0.2) is 30.1 Å². The zero-order valence-corrected chi connectivity index (χ0v) is 12.1. The second-order valence-electron chi connectivity index (χ2n) is 4.69.